The normalized spacial score (nSPS) is 10.7. The van der Waals surface area contributed by atoms with Gasteiger partial charge in [0.2, 0.25) is 0 Å². The van der Waals surface area contributed by atoms with Crippen molar-refractivity contribution in [2.24, 2.45) is 0 Å². The van der Waals surface area contributed by atoms with Crippen LogP contribution in [0.1, 0.15) is 22.3 Å². The van der Waals surface area contributed by atoms with Crippen LogP contribution in [0.5, 0.6) is 5.75 Å². The zero-order chi connectivity index (χ0) is 20.3. The van der Waals surface area contributed by atoms with Gasteiger partial charge in [-0.2, -0.15) is 0 Å². The molecular weight excluding hydrogens is 358 g/mol. The number of anilines is 1. The molecule has 0 bridgehead atoms. The average Bonchev–Trinajstić information content (AvgIpc) is 2.68. The third-order valence-corrected chi connectivity index (χ3v) is 4.77. The largest absolute Gasteiger partial charge is 0.482 e. The number of aryl methyl sites for hydroxylation is 3. The summed E-state index contributed by atoms with van der Waals surface area (Å²) in [5.41, 5.74) is 5.07. The Balaban J connectivity index is 1.80. The Hall–Kier alpha value is -3.28. The van der Waals surface area contributed by atoms with E-state index in [1.807, 2.05) is 45.0 Å². The van der Waals surface area contributed by atoms with Gasteiger partial charge >= 0.3 is 11.6 Å². The molecule has 0 atom stereocenters. The van der Waals surface area contributed by atoms with Gasteiger partial charge in [-0.25, -0.2) is 9.59 Å². The first-order valence-corrected chi connectivity index (χ1v) is 8.96. The zero-order valence-electron chi connectivity index (χ0n) is 16.4. The highest BCUT2D eigenvalue weighted by atomic mass is 16.6. The predicted molar refractivity (Wildman–Crippen MR) is 108 cm³/mol. The van der Waals surface area contributed by atoms with E-state index in [9.17, 15) is 9.59 Å². The van der Waals surface area contributed by atoms with Crippen molar-refractivity contribution in [3.8, 4) is 5.75 Å². The fourth-order valence-electron chi connectivity index (χ4n) is 2.99. The summed E-state index contributed by atoms with van der Waals surface area (Å²) in [6.07, 6.45) is 0. The lowest BCUT2D eigenvalue weighted by Crippen LogP contribution is -2.12. The maximum absolute atomic E-state index is 12.0. The van der Waals surface area contributed by atoms with E-state index in [2.05, 4.69) is 10.1 Å². The van der Waals surface area contributed by atoms with E-state index >= 15 is 0 Å². The van der Waals surface area contributed by atoms with Gasteiger partial charge in [0.05, 0.1) is 7.11 Å². The predicted octanol–water partition coefficient (Wildman–Crippen LogP) is 3.88. The molecule has 1 heterocycles. The number of hydrogen-bond donors (Lipinski definition) is 1. The highest BCUT2D eigenvalue weighted by molar-refractivity contribution is 5.84. The third kappa shape index (κ3) is 4.17. The molecule has 1 aromatic heterocycles. The van der Waals surface area contributed by atoms with E-state index in [0.29, 0.717) is 17.9 Å². The second kappa shape index (κ2) is 8.17. The van der Waals surface area contributed by atoms with Crippen LogP contribution in [0, 0.1) is 20.8 Å². The molecule has 1 N–H and O–H groups in total. The molecule has 0 fully saturated rings. The molecule has 0 saturated heterocycles. The summed E-state index contributed by atoms with van der Waals surface area (Å²) < 4.78 is 15.4. The smallest absolute Gasteiger partial charge is 0.343 e. The van der Waals surface area contributed by atoms with E-state index in [0.717, 1.165) is 33.3 Å². The van der Waals surface area contributed by atoms with Crippen LogP contribution in [-0.4, -0.2) is 19.7 Å². The maximum Gasteiger partial charge on any atom is 0.343 e. The van der Waals surface area contributed by atoms with Gasteiger partial charge in [0, 0.05) is 23.7 Å². The van der Waals surface area contributed by atoms with Gasteiger partial charge in [-0.3, -0.25) is 0 Å². The van der Waals surface area contributed by atoms with Crippen LogP contribution in [0.2, 0.25) is 0 Å². The number of ether oxygens (including phenoxy) is 2. The fraction of sp³-hybridized carbons (Fsp3) is 0.273. The van der Waals surface area contributed by atoms with E-state index in [1.54, 1.807) is 6.07 Å². The number of carbonyl (C=O) groups is 1. The van der Waals surface area contributed by atoms with Crippen LogP contribution in [-0.2, 0) is 16.1 Å². The summed E-state index contributed by atoms with van der Waals surface area (Å²) in [6.45, 7) is 6.24. The Morgan fingerprint density at radius 2 is 1.86 bits per heavy atom. The highest BCUT2D eigenvalue weighted by Gasteiger charge is 2.10. The van der Waals surface area contributed by atoms with Crippen molar-refractivity contribution in [3.63, 3.8) is 0 Å². The number of carbonyl (C=O) groups excluding carboxylic acids is 1. The van der Waals surface area contributed by atoms with Crippen molar-refractivity contribution in [3.05, 3.63) is 69.1 Å². The van der Waals surface area contributed by atoms with Gasteiger partial charge in [-0.1, -0.05) is 12.1 Å². The lowest BCUT2D eigenvalue weighted by atomic mass is 10.0. The van der Waals surface area contributed by atoms with Gasteiger partial charge in [-0.15, -0.1) is 0 Å². The minimum Gasteiger partial charge on any atom is -0.482 e. The third-order valence-electron chi connectivity index (χ3n) is 4.77. The molecule has 6 heteroatoms. The highest BCUT2D eigenvalue weighted by Crippen LogP contribution is 2.25. The number of esters is 1. The van der Waals surface area contributed by atoms with E-state index in [-0.39, 0.29) is 12.2 Å². The zero-order valence-corrected chi connectivity index (χ0v) is 16.4. The molecule has 0 spiro atoms. The van der Waals surface area contributed by atoms with Crippen molar-refractivity contribution < 1.29 is 18.7 Å². The molecule has 28 heavy (non-hydrogen) atoms. The Morgan fingerprint density at radius 1 is 1.07 bits per heavy atom. The van der Waals surface area contributed by atoms with Crippen LogP contribution >= 0.6 is 0 Å². The first-order chi connectivity index (χ1) is 13.4. The minimum absolute atomic E-state index is 0.132. The molecule has 146 valence electrons. The molecule has 0 aliphatic carbocycles. The molecule has 0 amide bonds. The van der Waals surface area contributed by atoms with Crippen LogP contribution < -0.4 is 15.7 Å². The quantitative estimate of drug-likeness (QED) is 0.516. The first-order valence-electron chi connectivity index (χ1n) is 8.96. The molecule has 0 unspecified atom stereocenters. The number of nitrogens with one attached hydrogen (secondary N) is 1. The lowest BCUT2D eigenvalue weighted by Gasteiger charge is -2.13. The van der Waals surface area contributed by atoms with Crippen LogP contribution in [0.4, 0.5) is 5.69 Å². The number of methoxy groups -OCH3 is 1. The molecule has 2 aromatic carbocycles. The summed E-state index contributed by atoms with van der Waals surface area (Å²) >= 11 is 0. The lowest BCUT2D eigenvalue weighted by molar-refractivity contribution is -0.142. The van der Waals surface area contributed by atoms with E-state index in [4.69, 9.17) is 9.15 Å². The number of fused-ring (bicyclic) bond motifs is 1. The van der Waals surface area contributed by atoms with Crippen molar-refractivity contribution >= 4 is 22.6 Å². The van der Waals surface area contributed by atoms with Crippen molar-refractivity contribution in [1.29, 1.82) is 0 Å². The van der Waals surface area contributed by atoms with Crippen LogP contribution in [0.3, 0.4) is 0 Å². The Morgan fingerprint density at radius 3 is 2.57 bits per heavy atom. The molecular formula is C22H23NO5. The maximum atomic E-state index is 12.0. The number of rotatable bonds is 6. The van der Waals surface area contributed by atoms with Crippen molar-refractivity contribution in [2.45, 2.75) is 27.3 Å². The molecule has 6 nitrogen and oxygen atoms in total. The van der Waals surface area contributed by atoms with E-state index in [1.165, 1.54) is 13.2 Å². The van der Waals surface area contributed by atoms with Crippen LogP contribution in [0.25, 0.3) is 11.0 Å². The van der Waals surface area contributed by atoms with Crippen LogP contribution in [0.15, 0.2) is 45.6 Å². The van der Waals surface area contributed by atoms with Gasteiger partial charge < -0.3 is 19.2 Å². The Labute approximate surface area is 163 Å². The molecule has 0 saturated carbocycles. The second-order valence-corrected chi connectivity index (χ2v) is 6.67. The second-order valence-electron chi connectivity index (χ2n) is 6.67. The van der Waals surface area contributed by atoms with Gasteiger partial charge in [-0.05, 0) is 61.2 Å². The minimum atomic E-state index is -0.430. The Bertz CT molecular complexity index is 1080. The van der Waals surface area contributed by atoms with Crippen molar-refractivity contribution in [2.75, 3.05) is 19.0 Å². The summed E-state index contributed by atoms with van der Waals surface area (Å²) in [4.78, 5) is 23.2. The molecule has 0 aliphatic heterocycles. The van der Waals surface area contributed by atoms with Crippen molar-refractivity contribution in [1.82, 2.24) is 0 Å². The molecule has 3 rings (SSSR count). The summed E-state index contributed by atoms with van der Waals surface area (Å²) in [5, 5.41) is 4.28. The average molecular weight is 381 g/mol. The standard InChI is InChI=1S/C22H23NO5/c1-13-5-7-18-16(10-20(24)28-22(18)15(13)3)11-23-19-8-6-17(9-14(19)2)27-12-21(25)26-4/h5-10,23H,11-12H2,1-4H3. The fourth-order valence-corrected chi connectivity index (χ4v) is 2.99. The molecule has 0 radical (unpaired) electrons. The van der Waals surface area contributed by atoms with Gasteiger partial charge in [0.1, 0.15) is 11.3 Å². The molecule has 3 aromatic rings. The van der Waals surface area contributed by atoms with E-state index < -0.39 is 5.97 Å². The topological polar surface area (TPSA) is 77.8 Å². The summed E-state index contributed by atoms with van der Waals surface area (Å²) in [5.74, 6) is 0.158. The number of benzene rings is 2. The SMILES string of the molecule is COC(=O)COc1ccc(NCc2cc(=O)oc3c(C)c(C)ccc23)c(C)c1. The Kier molecular flexibility index (Phi) is 5.68. The van der Waals surface area contributed by atoms with Gasteiger partial charge in [0.25, 0.3) is 0 Å². The monoisotopic (exact) mass is 381 g/mol. The first kappa shape index (κ1) is 19.5. The van der Waals surface area contributed by atoms with Gasteiger partial charge in [0.15, 0.2) is 6.61 Å². The summed E-state index contributed by atoms with van der Waals surface area (Å²) in [7, 11) is 1.32. The summed E-state index contributed by atoms with van der Waals surface area (Å²) in [6, 6.07) is 11.0. The number of hydrogen-bond acceptors (Lipinski definition) is 6. The molecule has 0 aliphatic rings.